The molecule has 1 heterocycles. The number of fused-ring (bicyclic) bond motifs is 3. The van der Waals surface area contributed by atoms with Gasteiger partial charge in [-0.3, -0.25) is 9.59 Å². The molecule has 24 heavy (non-hydrogen) atoms. The van der Waals surface area contributed by atoms with Crippen LogP contribution in [0.4, 0.5) is 5.69 Å². The summed E-state index contributed by atoms with van der Waals surface area (Å²) < 4.78 is 0. The molecule has 1 aromatic carbocycles. The number of benzene rings is 1. The average molecular weight is 325 g/mol. The van der Waals surface area contributed by atoms with Crippen molar-refractivity contribution in [2.75, 3.05) is 5.32 Å². The van der Waals surface area contributed by atoms with Gasteiger partial charge in [0.2, 0.25) is 5.91 Å². The number of para-hydroxylation sites is 1. The van der Waals surface area contributed by atoms with E-state index in [-0.39, 0.29) is 23.4 Å². The molecule has 6 rings (SSSR count). The van der Waals surface area contributed by atoms with Crippen LogP contribution in [-0.4, -0.2) is 23.5 Å². The summed E-state index contributed by atoms with van der Waals surface area (Å²) >= 11 is 0. The molecule has 3 N–H and O–H groups in total. The molecule has 1 spiro atoms. The minimum absolute atomic E-state index is 0.0101. The number of anilines is 1. The standard InChI is InChI=1S/C19H23N3O2/c23-17(20-13-7-8-13)15-9-12-6-5-11(15)10-19(12)21-16-4-2-1-3-14(16)18(24)22-19/h1-4,11-13,15,21H,5-10H2,(H,20,23)(H,22,24)/t11-,12-,15-,19+/m0/s1. The summed E-state index contributed by atoms with van der Waals surface area (Å²) in [5.41, 5.74) is 1.27. The van der Waals surface area contributed by atoms with Crippen molar-refractivity contribution in [1.82, 2.24) is 10.6 Å². The van der Waals surface area contributed by atoms with Crippen LogP contribution in [0.1, 0.15) is 48.9 Å². The van der Waals surface area contributed by atoms with Crippen molar-refractivity contribution >= 4 is 17.5 Å². The molecule has 4 saturated carbocycles. The molecule has 2 amide bonds. The van der Waals surface area contributed by atoms with Crippen molar-refractivity contribution in [1.29, 1.82) is 0 Å². The van der Waals surface area contributed by atoms with Gasteiger partial charge in [-0.15, -0.1) is 0 Å². The van der Waals surface area contributed by atoms with E-state index in [0.717, 1.165) is 44.2 Å². The van der Waals surface area contributed by atoms with Crippen LogP contribution in [0.15, 0.2) is 24.3 Å². The number of rotatable bonds is 2. The van der Waals surface area contributed by atoms with E-state index in [4.69, 9.17) is 0 Å². The first kappa shape index (κ1) is 14.3. The average Bonchev–Trinajstić information content (AvgIpc) is 3.39. The quantitative estimate of drug-likeness (QED) is 0.781. The number of hydrogen-bond acceptors (Lipinski definition) is 3. The Morgan fingerprint density at radius 3 is 2.71 bits per heavy atom. The Bertz CT molecular complexity index is 714. The highest BCUT2D eigenvalue weighted by atomic mass is 16.2. The van der Waals surface area contributed by atoms with E-state index in [1.54, 1.807) is 0 Å². The van der Waals surface area contributed by atoms with Gasteiger partial charge in [0, 0.05) is 23.6 Å². The Balaban J connectivity index is 1.40. The maximum atomic E-state index is 12.6. The number of amides is 2. The van der Waals surface area contributed by atoms with E-state index in [2.05, 4.69) is 16.0 Å². The number of hydrogen-bond donors (Lipinski definition) is 3. The van der Waals surface area contributed by atoms with Gasteiger partial charge in [0.25, 0.3) is 5.91 Å². The fraction of sp³-hybridized carbons (Fsp3) is 0.579. The molecule has 5 heteroatoms. The summed E-state index contributed by atoms with van der Waals surface area (Å²) in [4.78, 5) is 25.1. The predicted molar refractivity (Wildman–Crippen MR) is 90.4 cm³/mol. The van der Waals surface area contributed by atoms with Crippen LogP contribution in [0.3, 0.4) is 0 Å². The maximum absolute atomic E-state index is 12.6. The third-order valence-corrected chi connectivity index (χ3v) is 6.40. The van der Waals surface area contributed by atoms with Gasteiger partial charge in [-0.05, 0) is 56.6 Å². The molecule has 0 radical (unpaired) electrons. The molecule has 4 atom stereocenters. The molecule has 1 aliphatic heterocycles. The Hall–Kier alpha value is -2.04. The Morgan fingerprint density at radius 1 is 1.12 bits per heavy atom. The summed E-state index contributed by atoms with van der Waals surface area (Å²) in [5, 5.41) is 10.1. The van der Waals surface area contributed by atoms with E-state index in [0.29, 0.717) is 23.4 Å². The van der Waals surface area contributed by atoms with Crippen LogP contribution in [0.5, 0.6) is 0 Å². The molecule has 0 unspecified atom stereocenters. The van der Waals surface area contributed by atoms with Crippen molar-refractivity contribution in [2.24, 2.45) is 17.8 Å². The summed E-state index contributed by atoms with van der Waals surface area (Å²) in [6.07, 6.45) is 6.15. The summed E-state index contributed by atoms with van der Waals surface area (Å²) in [7, 11) is 0. The minimum atomic E-state index is -0.370. The molecule has 126 valence electrons. The zero-order valence-electron chi connectivity index (χ0n) is 13.7. The second-order valence-electron chi connectivity index (χ2n) is 7.96. The van der Waals surface area contributed by atoms with Gasteiger partial charge in [-0.2, -0.15) is 0 Å². The molecule has 2 bridgehead atoms. The van der Waals surface area contributed by atoms with Gasteiger partial charge >= 0.3 is 0 Å². The first-order chi connectivity index (χ1) is 11.6. The summed E-state index contributed by atoms with van der Waals surface area (Å²) in [6, 6.07) is 8.12. The highest BCUT2D eigenvalue weighted by Gasteiger charge is 2.55. The Morgan fingerprint density at radius 2 is 1.96 bits per heavy atom. The molecule has 5 aliphatic rings. The molecule has 4 aliphatic carbocycles. The van der Waals surface area contributed by atoms with E-state index < -0.39 is 0 Å². The second-order valence-corrected chi connectivity index (χ2v) is 7.96. The predicted octanol–water partition coefficient (Wildman–Crippen LogP) is 2.25. The Labute approximate surface area is 141 Å². The first-order valence-corrected chi connectivity index (χ1v) is 9.15. The van der Waals surface area contributed by atoms with Gasteiger partial charge in [0.15, 0.2) is 0 Å². The summed E-state index contributed by atoms with van der Waals surface area (Å²) in [5.74, 6) is 1.04. The van der Waals surface area contributed by atoms with Crippen LogP contribution in [-0.2, 0) is 4.79 Å². The van der Waals surface area contributed by atoms with Gasteiger partial charge in [0.1, 0.15) is 5.66 Å². The molecular weight excluding hydrogens is 302 g/mol. The highest BCUT2D eigenvalue weighted by Crippen LogP contribution is 2.51. The lowest BCUT2D eigenvalue weighted by molar-refractivity contribution is -0.132. The van der Waals surface area contributed by atoms with Gasteiger partial charge in [0.05, 0.1) is 5.56 Å². The van der Waals surface area contributed by atoms with Gasteiger partial charge < -0.3 is 16.0 Å². The fourth-order valence-electron chi connectivity index (χ4n) is 5.00. The smallest absolute Gasteiger partial charge is 0.255 e. The van der Waals surface area contributed by atoms with Crippen molar-refractivity contribution in [3.05, 3.63) is 29.8 Å². The summed E-state index contributed by atoms with van der Waals surface area (Å²) in [6.45, 7) is 0. The lowest BCUT2D eigenvalue weighted by Crippen LogP contribution is -2.68. The largest absolute Gasteiger partial charge is 0.362 e. The third-order valence-electron chi connectivity index (χ3n) is 6.40. The van der Waals surface area contributed by atoms with Crippen molar-refractivity contribution < 1.29 is 9.59 Å². The molecule has 0 saturated heterocycles. The maximum Gasteiger partial charge on any atom is 0.255 e. The second kappa shape index (κ2) is 4.98. The molecular formula is C19H23N3O2. The third kappa shape index (κ3) is 2.14. The molecule has 1 aromatic rings. The number of nitrogens with one attached hydrogen (secondary N) is 3. The van der Waals surface area contributed by atoms with Crippen LogP contribution >= 0.6 is 0 Å². The minimum Gasteiger partial charge on any atom is -0.362 e. The zero-order valence-corrected chi connectivity index (χ0v) is 13.7. The first-order valence-electron chi connectivity index (χ1n) is 9.15. The molecule has 0 aromatic heterocycles. The van der Waals surface area contributed by atoms with Crippen LogP contribution in [0.2, 0.25) is 0 Å². The van der Waals surface area contributed by atoms with Gasteiger partial charge in [-0.25, -0.2) is 0 Å². The van der Waals surface area contributed by atoms with Crippen molar-refractivity contribution in [3.63, 3.8) is 0 Å². The zero-order chi connectivity index (χ0) is 16.3. The van der Waals surface area contributed by atoms with Crippen molar-refractivity contribution in [2.45, 2.75) is 50.2 Å². The monoisotopic (exact) mass is 325 g/mol. The number of carbonyl (C=O) groups excluding carboxylic acids is 2. The molecule has 5 nitrogen and oxygen atoms in total. The Kier molecular flexibility index (Phi) is 2.97. The number of carbonyl (C=O) groups is 2. The fourth-order valence-corrected chi connectivity index (χ4v) is 5.00. The van der Waals surface area contributed by atoms with E-state index in [9.17, 15) is 9.59 Å². The van der Waals surface area contributed by atoms with Gasteiger partial charge in [-0.1, -0.05) is 12.1 Å². The van der Waals surface area contributed by atoms with Crippen LogP contribution in [0.25, 0.3) is 0 Å². The molecule has 4 fully saturated rings. The normalized spacial score (nSPS) is 36.7. The van der Waals surface area contributed by atoms with E-state index in [1.807, 2.05) is 24.3 Å². The highest BCUT2D eigenvalue weighted by molar-refractivity contribution is 6.02. The van der Waals surface area contributed by atoms with E-state index in [1.165, 1.54) is 0 Å². The topological polar surface area (TPSA) is 70.2 Å². The van der Waals surface area contributed by atoms with Crippen LogP contribution < -0.4 is 16.0 Å². The van der Waals surface area contributed by atoms with Crippen molar-refractivity contribution in [3.8, 4) is 0 Å². The lowest BCUT2D eigenvalue weighted by atomic mass is 9.58. The van der Waals surface area contributed by atoms with E-state index >= 15 is 0 Å². The SMILES string of the molecule is O=C1N[C@@]2(C[C@@H]3CC[C@H]2C[C@@H]3C(=O)NC2CC2)Nc2ccccc21. The van der Waals surface area contributed by atoms with Crippen LogP contribution in [0, 0.1) is 17.8 Å². The lowest BCUT2D eigenvalue weighted by Gasteiger charge is -2.56.